The average Bonchev–Trinajstić information content (AvgIpc) is 2.39. The largest absolute Gasteiger partial charge is 0.412 e. The number of fused-ring (bicyclic) bond motifs is 1. The zero-order valence-electron chi connectivity index (χ0n) is 9.31. The van der Waals surface area contributed by atoms with Gasteiger partial charge >= 0.3 is 6.09 Å². The lowest BCUT2D eigenvalue weighted by Gasteiger charge is -2.17. The van der Waals surface area contributed by atoms with Crippen LogP contribution in [0.5, 0.6) is 5.75 Å². The summed E-state index contributed by atoms with van der Waals surface area (Å²) in [6.45, 7) is 0.379. The summed E-state index contributed by atoms with van der Waals surface area (Å²) in [5.41, 5.74) is 1.95. The van der Waals surface area contributed by atoms with E-state index < -0.39 is 12.0 Å². The van der Waals surface area contributed by atoms with E-state index in [9.17, 15) is 9.18 Å². The maximum Gasteiger partial charge on any atom is 0.412 e. The van der Waals surface area contributed by atoms with Crippen LogP contribution in [0.1, 0.15) is 5.56 Å². The molecule has 0 saturated carbocycles. The van der Waals surface area contributed by atoms with Gasteiger partial charge in [0.25, 0.3) is 0 Å². The highest BCUT2D eigenvalue weighted by Gasteiger charge is 2.17. The summed E-state index contributed by atoms with van der Waals surface area (Å²) in [6.07, 6.45) is 0.934. The van der Waals surface area contributed by atoms with Gasteiger partial charge in [0.2, 0.25) is 5.95 Å². The number of nitrogens with zero attached hydrogens (tertiary/aromatic N) is 1. The van der Waals surface area contributed by atoms with Crippen molar-refractivity contribution in [3.63, 3.8) is 0 Å². The van der Waals surface area contributed by atoms with Crippen LogP contribution in [-0.2, 0) is 6.54 Å². The van der Waals surface area contributed by atoms with Crippen LogP contribution in [-0.4, -0.2) is 11.1 Å². The molecule has 1 aliphatic rings. The lowest BCUT2D eigenvalue weighted by molar-refractivity contribution is 0.194. The molecule has 1 aromatic heterocycles. The van der Waals surface area contributed by atoms with Crippen molar-refractivity contribution >= 4 is 6.09 Å². The number of rotatable bonds is 1. The zero-order chi connectivity index (χ0) is 12.5. The molecule has 2 heterocycles. The molecular weight excluding hydrogens is 235 g/mol. The summed E-state index contributed by atoms with van der Waals surface area (Å²) in [5, 5.41) is 2.56. The summed E-state index contributed by atoms with van der Waals surface area (Å²) < 4.78 is 18.6. The van der Waals surface area contributed by atoms with Crippen molar-refractivity contribution in [2.75, 3.05) is 0 Å². The predicted octanol–water partition coefficient (Wildman–Crippen LogP) is 2.49. The van der Waals surface area contributed by atoms with Crippen LogP contribution in [0.3, 0.4) is 0 Å². The first-order valence-corrected chi connectivity index (χ1v) is 5.43. The number of benzene rings is 1. The van der Waals surface area contributed by atoms with Gasteiger partial charge in [-0.3, -0.25) is 0 Å². The summed E-state index contributed by atoms with van der Waals surface area (Å²) >= 11 is 0. The zero-order valence-corrected chi connectivity index (χ0v) is 9.31. The molecule has 2 aromatic rings. The van der Waals surface area contributed by atoms with Crippen molar-refractivity contribution < 1.29 is 13.9 Å². The van der Waals surface area contributed by atoms with Gasteiger partial charge < -0.3 is 10.1 Å². The third kappa shape index (κ3) is 1.79. The Kier molecular flexibility index (Phi) is 2.44. The van der Waals surface area contributed by atoms with Gasteiger partial charge in [-0.15, -0.1) is 0 Å². The number of hydrogen-bond acceptors (Lipinski definition) is 3. The van der Waals surface area contributed by atoms with Crippen LogP contribution in [0.4, 0.5) is 9.18 Å². The van der Waals surface area contributed by atoms with Crippen molar-refractivity contribution in [2.45, 2.75) is 6.54 Å². The van der Waals surface area contributed by atoms with E-state index in [0.29, 0.717) is 23.4 Å². The van der Waals surface area contributed by atoms with E-state index in [1.54, 1.807) is 30.3 Å². The quantitative estimate of drug-likeness (QED) is 0.784. The van der Waals surface area contributed by atoms with Gasteiger partial charge in [0, 0.05) is 23.9 Å². The Labute approximate surface area is 102 Å². The lowest BCUT2D eigenvalue weighted by atomic mass is 10.0. The second-order valence-electron chi connectivity index (χ2n) is 3.91. The molecule has 0 fully saturated rings. The van der Waals surface area contributed by atoms with Gasteiger partial charge in [0.1, 0.15) is 5.75 Å². The molecule has 1 N–H and O–H groups in total. The normalized spacial score (nSPS) is 13.5. The number of carbonyl (C=O) groups excluding carboxylic acids is 1. The monoisotopic (exact) mass is 244 g/mol. The maximum absolute atomic E-state index is 13.6. The second-order valence-corrected chi connectivity index (χ2v) is 3.91. The van der Waals surface area contributed by atoms with E-state index in [1.165, 1.54) is 6.20 Å². The first-order chi connectivity index (χ1) is 8.74. The third-order valence-electron chi connectivity index (χ3n) is 2.76. The Bertz CT molecular complexity index is 628. The van der Waals surface area contributed by atoms with Crippen LogP contribution in [0.2, 0.25) is 0 Å². The molecule has 1 aliphatic heterocycles. The summed E-state index contributed by atoms with van der Waals surface area (Å²) in [4.78, 5) is 14.6. The molecule has 18 heavy (non-hydrogen) atoms. The van der Waals surface area contributed by atoms with Gasteiger partial charge in [0.05, 0.1) is 0 Å². The van der Waals surface area contributed by atoms with Crippen LogP contribution in [0, 0.1) is 5.95 Å². The smallest absolute Gasteiger partial charge is 0.410 e. The molecule has 0 unspecified atom stereocenters. The molecular formula is C13H9FN2O2. The van der Waals surface area contributed by atoms with Gasteiger partial charge in [-0.25, -0.2) is 9.78 Å². The predicted molar refractivity (Wildman–Crippen MR) is 62.5 cm³/mol. The van der Waals surface area contributed by atoms with E-state index in [0.717, 1.165) is 5.56 Å². The molecule has 0 spiro atoms. The minimum Gasteiger partial charge on any atom is -0.410 e. The van der Waals surface area contributed by atoms with Gasteiger partial charge in [-0.1, -0.05) is 6.07 Å². The molecule has 0 aliphatic carbocycles. The first kappa shape index (κ1) is 10.7. The maximum atomic E-state index is 13.6. The number of aromatic nitrogens is 1. The summed E-state index contributed by atoms with van der Waals surface area (Å²) in [5.74, 6) is -0.00925. The highest BCUT2D eigenvalue weighted by Crippen LogP contribution is 2.29. The van der Waals surface area contributed by atoms with Crippen LogP contribution in [0.15, 0.2) is 36.5 Å². The molecule has 3 rings (SSSR count). The molecule has 0 radical (unpaired) electrons. The molecule has 0 atom stereocenters. The minimum absolute atomic E-state index is 0.379. The van der Waals surface area contributed by atoms with Gasteiger partial charge in [0.15, 0.2) is 0 Å². The first-order valence-electron chi connectivity index (χ1n) is 5.43. The van der Waals surface area contributed by atoms with E-state index in [2.05, 4.69) is 10.3 Å². The van der Waals surface area contributed by atoms with Crippen molar-refractivity contribution in [3.8, 4) is 16.9 Å². The van der Waals surface area contributed by atoms with E-state index >= 15 is 0 Å². The van der Waals surface area contributed by atoms with Crippen LogP contribution < -0.4 is 10.1 Å². The number of carbonyl (C=O) groups is 1. The number of pyridine rings is 1. The topological polar surface area (TPSA) is 51.2 Å². The number of halogens is 1. The summed E-state index contributed by atoms with van der Waals surface area (Å²) in [7, 11) is 0. The fraction of sp³-hybridized carbons (Fsp3) is 0.0769. The Hall–Kier alpha value is -2.43. The van der Waals surface area contributed by atoms with Crippen LogP contribution >= 0.6 is 0 Å². The van der Waals surface area contributed by atoms with E-state index in [4.69, 9.17) is 4.74 Å². The minimum atomic E-state index is -0.516. The van der Waals surface area contributed by atoms with E-state index in [-0.39, 0.29) is 0 Å². The molecule has 1 aromatic carbocycles. The Morgan fingerprint density at radius 1 is 1.33 bits per heavy atom. The van der Waals surface area contributed by atoms with Crippen molar-refractivity contribution in [1.29, 1.82) is 0 Å². The van der Waals surface area contributed by atoms with Gasteiger partial charge in [-0.2, -0.15) is 4.39 Å². The fourth-order valence-electron chi connectivity index (χ4n) is 1.89. The van der Waals surface area contributed by atoms with Crippen LogP contribution in [0.25, 0.3) is 11.1 Å². The number of amides is 1. The standard InChI is InChI=1S/C13H9FN2O2/c14-12-10(2-1-5-15-12)8-3-4-11-9(6-8)7-16-13(17)18-11/h1-6H,7H2,(H,16,17). The molecule has 4 nitrogen and oxygen atoms in total. The van der Waals surface area contributed by atoms with E-state index in [1.807, 2.05) is 0 Å². The Morgan fingerprint density at radius 3 is 3.06 bits per heavy atom. The van der Waals surface area contributed by atoms with Crippen molar-refractivity contribution in [3.05, 3.63) is 48.0 Å². The number of hydrogen-bond donors (Lipinski definition) is 1. The van der Waals surface area contributed by atoms with Gasteiger partial charge in [-0.05, 0) is 29.8 Å². The number of nitrogens with one attached hydrogen (secondary N) is 1. The summed E-state index contributed by atoms with van der Waals surface area (Å²) in [6, 6.07) is 8.49. The molecule has 0 saturated heterocycles. The molecule has 1 amide bonds. The second kappa shape index (κ2) is 4.10. The molecule has 5 heteroatoms. The highest BCUT2D eigenvalue weighted by atomic mass is 19.1. The third-order valence-corrected chi connectivity index (χ3v) is 2.76. The SMILES string of the molecule is O=C1NCc2cc(-c3cccnc3F)ccc2O1. The Balaban J connectivity index is 2.05. The van der Waals surface area contributed by atoms with Crippen molar-refractivity contribution in [2.24, 2.45) is 0 Å². The average molecular weight is 244 g/mol. The Morgan fingerprint density at radius 2 is 2.22 bits per heavy atom. The lowest BCUT2D eigenvalue weighted by Crippen LogP contribution is -2.31. The number of ether oxygens (including phenoxy) is 1. The van der Waals surface area contributed by atoms with Crippen molar-refractivity contribution in [1.82, 2.24) is 10.3 Å². The highest BCUT2D eigenvalue weighted by molar-refractivity contribution is 5.74. The molecule has 90 valence electrons. The molecule has 0 bridgehead atoms. The fourth-order valence-corrected chi connectivity index (χ4v) is 1.89.